The summed E-state index contributed by atoms with van der Waals surface area (Å²) in [6.07, 6.45) is 6.56. The lowest BCUT2D eigenvalue weighted by atomic mass is 10.1. The van der Waals surface area contributed by atoms with Gasteiger partial charge in [-0.3, -0.25) is 9.78 Å². The molecule has 1 saturated heterocycles. The van der Waals surface area contributed by atoms with Gasteiger partial charge in [0.2, 0.25) is 0 Å². The van der Waals surface area contributed by atoms with Gasteiger partial charge in [-0.05, 0) is 31.0 Å². The Morgan fingerprint density at radius 2 is 2.00 bits per heavy atom. The summed E-state index contributed by atoms with van der Waals surface area (Å²) in [6, 6.07) is 3.52. The van der Waals surface area contributed by atoms with Crippen LogP contribution in [0.4, 0.5) is 20.7 Å². The molecule has 2 heterocycles. The Morgan fingerprint density at radius 1 is 1.22 bits per heavy atom. The number of halogens is 1. The van der Waals surface area contributed by atoms with Crippen molar-refractivity contribution < 1.29 is 14.0 Å². The lowest BCUT2D eigenvalue weighted by Crippen LogP contribution is -2.46. The van der Waals surface area contributed by atoms with E-state index in [0.717, 1.165) is 37.8 Å². The van der Waals surface area contributed by atoms with E-state index >= 15 is 0 Å². The molecule has 3 rings (SSSR count). The maximum absolute atomic E-state index is 13.7. The molecule has 0 bridgehead atoms. The molecule has 1 aliphatic heterocycles. The van der Waals surface area contributed by atoms with Crippen molar-refractivity contribution in [3.05, 3.63) is 48.2 Å². The second-order valence-electron chi connectivity index (χ2n) is 6.20. The average molecular weight is 372 g/mol. The Labute approximate surface area is 156 Å². The van der Waals surface area contributed by atoms with E-state index in [2.05, 4.69) is 30.8 Å². The SMILES string of the molecule is CNC(=O)c1cc(NC(=O)NC2CCN(c3cnccn3)CC2)ccc1F. The zero-order chi connectivity index (χ0) is 19.2. The molecule has 1 aromatic heterocycles. The minimum atomic E-state index is -0.642. The number of nitrogens with zero attached hydrogens (tertiary/aromatic N) is 3. The van der Waals surface area contributed by atoms with Crippen LogP contribution in [-0.4, -0.2) is 48.1 Å². The maximum Gasteiger partial charge on any atom is 0.319 e. The third kappa shape index (κ3) is 4.69. The van der Waals surface area contributed by atoms with Crippen LogP contribution < -0.4 is 20.9 Å². The number of urea groups is 1. The second kappa shape index (κ2) is 8.43. The predicted octanol–water partition coefficient (Wildman–Crippen LogP) is 1.77. The maximum atomic E-state index is 13.7. The van der Waals surface area contributed by atoms with Gasteiger partial charge in [0.1, 0.15) is 11.6 Å². The van der Waals surface area contributed by atoms with Gasteiger partial charge >= 0.3 is 6.03 Å². The molecule has 0 atom stereocenters. The number of rotatable bonds is 4. The smallest absolute Gasteiger partial charge is 0.319 e. The van der Waals surface area contributed by atoms with Crippen molar-refractivity contribution in [1.82, 2.24) is 20.6 Å². The highest BCUT2D eigenvalue weighted by Gasteiger charge is 2.22. The van der Waals surface area contributed by atoms with Crippen molar-refractivity contribution in [2.24, 2.45) is 0 Å². The Bertz CT molecular complexity index is 809. The summed E-state index contributed by atoms with van der Waals surface area (Å²) in [5, 5.41) is 7.92. The van der Waals surface area contributed by atoms with E-state index in [1.807, 2.05) is 0 Å². The van der Waals surface area contributed by atoms with Crippen LogP contribution in [0.15, 0.2) is 36.8 Å². The highest BCUT2D eigenvalue weighted by molar-refractivity contribution is 5.97. The second-order valence-corrected chi connectivity index (χ2v) is 6.20. The van der Waals surface area contributed by atoms with Gasteiger partial charge in [-0.25, -0.2) is 14.2 Å². The van der Waals surface area contributed by atoms with E-state index in [-0.39, 0.29) is 17.6 Å². The third-order valence-electron chi connectivity index (χ3n) is 4.40. The number of aromatic nitrogens is 2. The number of anilines is 2. The van der Waals surface area contributed by atoms with E-state index in [1.54, 1.807) is 18.6 Å². The van der Waals surface area contributed by atoms with Gasteiger partial charge in [0.15, 0.2) is 0 Å². The monoisotopic (exact) mass is 372 g/mol. The molecular weight excluding hydrogens is 351 g/mol. The van der Waals surface area contributed by atoms with Crippen molar-refractivity contribution in [2.75, 3.05) is 30.4 Å². The largest absolute Gasteiger partial charge is 0.355 e. The van der Waals surface area contributed by atoms with Crippen LogP contribution in [0.1, 0.15) is 23.2 Å². The molecule has 142 valence electrons. The number of benzene rings is 1. The molecule has 3 amide bonds. The summed E-state index contributed by atoms with van der Waals surface area (Å²) in [7, 11) is 1.42. The number of hydrogen-bond acceptors (Lipinski definition) is 5. The van der Waals surface area contributed by atoms with Crippen LogP contribution in [0.2, 0.25) is 0 Å². The number of carbonyl (C=O) groups is 2. The zero-order valence-corrected chi connectivity index (χ0v) is 14.9. The van der Waals surface area contributed by atoms with Gasteiger partial charge in [-0.15, -0.1) is 0 Å². The summed E-state index contributed by atoms with van der Waals surface area (Å²) in [5.41, 5.74) is 0.233. The Balaban J connectivity index is 1.52. The van der Waals surface area contributed by atoms with Crippen LogP contribution >= 0.6 is 0 Å². The summed E-state index contributed by atoms with van der Waals surface area (Å²) < 4.78 is 13.7. The molecule has 1 aromatic carbocycles. The van der Waals surface area contributed by atoms with Gasteiger partial charge in [-0.2, -0.15) is 0 Å². The Morgan fingerprint density at radius 3 is 2.67 bits per heavy atom. The predicted molar refractivity (Wildman–Crippen MR) is 99.2 cm³/mol. The summed E-state index contributed by atoms with van der Waals surface area (Å²) in [5.74, 6) is -0.363. The lowest BCUT2D eigenvalue weighted by Gasteiger charge is -2.32. The van der Waals surface area contributed by atoms with Crippen molar-refractivity contribution in [2.45, 2.75) is 18.9 Å². The third-order valence-corrected chi connectivity index (χ3v) is 4.40. The number of hydrogen-bond donors (Lipinski definition) is 3. The number of amides is 3. The summed E-state index contributed by atoms with van der Waals surface area (Å²) in [6.45, 7) is 1.53. The molecule has 0 unspecified atom stereocenters. The normalized spacial score (nSPS) is 14.5. The van der Waals surface area contributed by atoms with Crippen LogP contribution in [0.25, 0.3) is 0 Å². The van der Waals surface area contributed by atoms with Gasteiger partial charge in [0, 0.05) is 44.3 Å². The first-order valence-corrected chi connectivity index (χ1v) is 8.67. The van der Waals surface area contributed by atoms with Crippen LogP contribution in [0, 0.1) is 5.82 Å². The molecule has 2 aromatic rings. The van der Waals surface area contributed by atoms with Crippen LogP contribution in [-0.2, 0) is 0 Å². The molecule has 9 heteroatoms. The van der Waals surface area contributed by atoms with Crippen molar-refractivity contribution in [1.29, 1.82) is 0 Å². The molecular formula is C18H21FN6O2. The highest BCUT2D eigenvalue weighted by Crippen LogP contribution is 2.18. The first kappa shape index (κ1) is 18.6. The minimum absolute atomic E-state index is 0.0248. The lowest BCUT2D eigenvalue weighted by molar-refractivity contribution is 0.0959. The zero-order valence-electron chi connectivity index (χ0n) is 14.9. The molecule has 0 aliphatic carbocycles. The van der Waals surface area contributed by atoms with Gasteiger partial charge < -0.3 is 20.9 Å². The molecule has 0 radical (unpaired) electrons. The number of carbonyl (C=O) groups excluding carboxylic acids is 2. The summed E-state index contributed by atoms with van der Waals surface area (Å²) >= 11 is 0. The van der Waals surface area contributed by atoms with Crippen LogP contribution in [0.5, 0.6) is 0 Å². The van der Waals surface area contributed by atoms with E-state index < -0.39 is 11.7 Å². The first-order chi connectivity index (χ1) is 13.1. The van der Waals surface area contributed by atoms with Crippen molar-refractivity contribution in [3.63, 3.8) is 0 Å². The first-order valence-electron chi connectivity index (χ1n) is 8.67. The molecule has 0 saturated carbocycles. The average Bonchev–Trinajstić information content (AvgIpc) is 2.70. The Hall–Kier alpha value is -3.23. The number of nitrogens with one attached hydrogen (secondary N) is 3. The van der Waals surface area contributed by atoms with Crippen LogP contribution in [0.3, 0.4) is 0 Å². The van der Waals surface area contributed by atoms with Crippen molar-refractivity contribution >= 4 is 23.4 Å². The van der Waals surface area contributed by atoms with E-state index in [1.165, 1.54) is 19.2 Å². The van der Waals surface area contributed by atoms with Crippen molar-refractivity contribution in [3.8, 4) is 0 Å². The van der Waals surface area contributed by atoms with E-state index in [0.29, 0.717) is 5.69 Å². The standard InChI is InChI=1S/C18H21FN6O2/c1-20-17(26)14-10-13(2-3-15(14)19)24-18(27)23-12-4-8-25(9-5-12)16-11-21-6-7-22-16/h2-3,6-7,10-12H,4-5,8-9H2,1H3,(H,20,26)(H2,23,24,27). The Kier molecular flexibility index (Phi) is 5.80. The fraction of sp³-hybridized carbons (Fsp3) is 0.333. The molecule has 3 N–H and O–H groups in total. The van der Waals surface area contributed by atoms with E-state index in [9.17, 15) is 14.0 Å². The fourth-order valence-electron chi connectivity index (χ4n) is 2.97. The highest BCUT2D eigenvalue weighted by atomic mass is 19.1. The molecule has 0 spiro atoms. The van der Waals surface area contributed by atoms with Gasteiger partial charge in [0.05, 0.1) is 11.8 Å². The molecule has 1 aliphatic rings. The quantitative estimate of drug-likeness (QED) is 0.760. The topological polar surface area (TPSA) is 99.2 Å². The van der Waals surface area contributed by atoms with E-state index in [4.69, 9.17) is 0 Å². The van der Waals surface area contributed by atoms with Gasteiger partial charge in [0.25, 0.3) is 5.91 Å². The van der Waals surface area contributed by atoms with Gasteiger partial charge in [-0.1, -0.05) is 0 Å². The minimum Gasteiger partial charge on any atom is -0.355 e. The fourth-order valence-corrected chi connectivity index (χ4v) is 2.97. The molecule has 1 fully saturated rings. The summed E-state index contributed by atoms with van der Waals surface area (Å²) in [4.78, 5) is 34.3. The molecule has 8 nitrogen and oxygen atoms in total. The molecule has 27 heavy (non-hydrogen) atoms. The number of piperidine rings is 1.